The maximum atomic E-state index is 13.9. The van der Waals surface area contributed by atoms with Gasteiger partial charge in [0.1, 0.15) is 0 Å². The van der Waals surface area contributed by atoms with Gasteiger partial charge in [0.05, 0.1) is 28.3 Å². The van der Waals surface area contributed by atoms with Gasteiger partial charge in [0, 0.05) is 30.3 Å². The summed E-state index contributed by atoms with van der Waals surface area (Å²) in [5, 5.41) is 11.8. The van der Waals surface area contributed by atoms with Crippen molar-refractivity contribution in [3.63, 3.8) is 0 Å². The number of ether oxygens (including phenoxy) is 1. The van der Waals surface area contributed by atoms with Crippen LogP contribution in [0.2, 0.25) is 0 Å². The topological polar surface area (TPSA) is 164 Å². The molecular formula is C29H30FN7O5S2. The number of methoxy groups -OCH3 is 1. The molecule has 0 amide bonds. The van der Waals surface area contributed by atoms with Gasteiger partial charge in [-0.2, -0.15) is 20.2 Å². The van der Waals surface area contributed by atoms with Crippen LogP contribution in [0.15, 0.2) is 92.8 Å². The monoisotopic (exact) mass is 639 g/mol. The Balaban J connectivity index is 1.62. The van der Waals surface area contributed by atoms with E-state index >= 15 is 0 Å². The number of benzene rings is 3. The Kier molecular flexibility index (Phi) is 9.59. The van der Waals surface area contributed by atoms with E-state index < -0.39 is 25.5 Å². The van der Waals surface area contributed by atoms with Gasteiger partial charge in [0.25, 0.3) is 0 Å². The van der Waals surface area contributed by atoms with Crippen LogP contribution in [0, 0.1) is 5.82 Å². The number of nitrogens with one attached hydrogen (secondary N) is 3. The molecule has 0 atom stereocenters. The molecule has 3 aromatic carbocycles. The van der Waals surface area contributed by atoms with Crippen LogP contribution in [0.5, 0.6) is 5.75 Å². The van der Waals surface area contributed by atoms with E-state index in [0.717, 1.165) is 12.5 Å². The van der Waals surface area contributed by atoms with E-state index in [1.807, 2.05) is 0 Å². The summed E-state index contributed by atoms with van der Waals surface area (Å²) in [6, 6.07) is 18.4. The van der Waals surface area contributed by atoms with Crippen molar-refractivity contribution in [2.45, 2.75) is 23.6 Å². The first-order valence-electron chi connectivity index (χ1n) is 12.9. The van der Waals surface area contributed by atoms with E-state index in [-0.39, 0.29) is 33.1 Å². The fraction of sp³-hybridized carbons (Fsp3) is 0.172. The van der Waals surface area contributed by atoms with Crippen LogP contribution in [0.4, 0.5) is 27.7 Å². The molecule has 15 heteroatoms. The van der Waals surface area contributed by atoms with Crippen molar-refractivity contribution in [3.05, 3.63) is 89.7 Å². The summed E-state index contributed by atoms with van der Waals surface area (Å²) in [5.41, 5.74) is 8.71. The predicted octanol–water partition coefficient (Wildman–Crippen LogP) is 4.85. The number of hydrazone groups is 2. The summed E-state index contributed by atoms with van der Waals surface area (Å²) < 4.78 is 66.1. The Morgan fingerprint density at radius 1 is 0.727 bits per heavy atom. The second-order valence-corrected chi connectivity index (χ2v) is 13.7. The van der Waals surface area contributed by atoms with Gasteiger partial charge in [-0.1, -0.05) is 24.3 Å². The molecule has 4 rings (SSSR count). The molecule has 12 nitrogen and oxygen atoms in total. The Morgan fingerprint density at radius 3 is 1.59 bits per heavy atom. The van der Waals surface area contributed by atoms with Crippen LogP contribution in [0.25, 0.3) is 0 Å². The molecular weight excluding hydrogens is 609 g/mol. The standard InChI is InChI=1S/C29H30FN7O5S2/c1-18(20-6-11-23(12-7-20)43(4,38)39)34-36-27-17-28(33-29(32-27)31-22-10-15-25(30)26(16-22)42-3)37-35-19(2)21-8-13-24(14-9-21)44(5,40)41/h6-17H,1-5H3,(H3,31,32,33,36,37). The largest absolute Gasteiger partial charge is 0.494 e. The normalized spacial score (nSPS) is 12.5. The van der Waals surface area contributed by atoms with Gasteiger partial charge in [-0.15, -0.1) is 0 Å². The molecule has 3 N–H and O–H groups in total. The van der Waals surface area contributed by atoms with Crippen molar-refractivity contribution in [2.75, 3.05) is 35.8 Å². The van der Waals surface area contributed by atoms with Gasteiger partial charge in [-0.25, -0.2) is 21.2 Å². The molecule has 0 spiro atoms. The third-order valence-electron chi connectivity index (χ3n) is 6.21. The minimum atomic E-state index is -3.33. The quantitative estimate of drug-likeness (QED) is 0.153. The van der Waals surface area contributed by atoms with Crippen molar-refractivity contribution in [1.82, 2.24) is 9.97 Å². The van der Waals surface area contributed by atoms with Crippen LogP contribution in [-0.2, 0) is 19.7 Å². The van der Waals surface area contributed by atoms with Crippen molar-refractivity contribution in [1.29, 1.82) is 0 Å². The minimum absolute atomic E-state index is 0.0341. The Morgan fingerprint density at radius 2 is 1.18 bits per heavy atom. The second kappa shape index (κ2) is 13.2. The fourth-order valence-electron chi connectivity index (χ4n) is 3.78. The van der Waals surface area contributed by atoms with E-state index in [1.165, 1.54) is 49.6 Å². The number of hydrogen-bond donors (Lipinski definition) is 3. The van der Waals surface area contributed by atoms with Crippen LogP contribution >= 0.6 is 0 Å². The maximum absolute atomic E-state index is 13.9. The molecule has 0 aliphatic carbocycles. The van der Waals surface area contributed by atoms with Crippen molar-refractivity contribution >= 4 is 54.4 Å². The maximum Gasteiger partial charge on any atom is 0.231 e. The van der Waals surface area contributed by atoms with Gasteiger partial charge < -0.3 is 10.1 Å². The molecule has 0 fully saturated rings. The van der Waals surface area contributed by atoms with Gasteiger partial charge >= 0.3 is 0 Å². The molecule has 0 saturated carbocycles. The van der Waals surface area contributed by atoms with Gasteiger partial charge in [0.2, 0.25) is 5.95 Å². The number of sulfone groups is 2. The summed E-state index contributed by atoms with van der Waals surface area (Å²) >= 11 is 0. The molecule has 4 aromatic rings. The summed E-state index contributed by atoms with van der Waals surface area (Å²) in [6.45, 7) is 3.49. The molecule has 0 radical (unpaired) electrons. The molecule has 0 unspecified atom stereocenters. The molecule has 0 bridgehead atoms. The van der Waals surface area contributed by atoms with E-state index in [9.17, 15) is 21.2 Å². The van der Waals surface area contributed by atoms with Crippen LogP contribution < -0.4 is 20.9 Å². The first kappa shape index (κ1) is 32.0. The first-order valence-corrected chi connectivity index (χ1v) is 16.7. The lowest BCUT2D eigenvalue weighted by atomic mass is 10.1. The van der Waals surface area contributed by atoms with Crippen LogP contribution in [-0.4, -0.2) is 57.8 Å². The van der Waals surface area contributed by atoms with E-state index in [2.05, 4.69) is 36.3 Å². The van der Waals surface area contributed by atoms with Crippen LogP contribution in [0.1, 0.15) is 25.0 Å². The highest BCUT2D eigenvalue weighted by Gasteiger charge is 2.11. The van der Waals surface area contributed by atoms with E-state index in [4.69, 9.17) is 4.74 Å². The lowest BCUT2D eigenvalue weighted by molar-refractivity contribution is 0.387. The number of hydrogen-bond acceptors (Lipinski definition) is 12. The highest BCUT2D eigenvalue weighted by atomic mass is 32.2. The van der Waals surface area contributed by atoms with Gasteiger partial charge in [-0.05, 0) is 61.4 Å². The second-order valence-electron chi connectivity index (χ2n) is 9.65. The lowest BCUT2D eigenvalue weighted by Crippen LogP contribution is -2.07. The average Bonchev–Trinajstić information content (AvgIpc) is 2.99. The SMILES string of the molecule is COc1cc(Nc2nc(NN=C(C)c3ccc(S(C)(=O)=O)cc3)cc(NN=C(C)c3ccc(S(C)(=O)=O)cc3)n2)ccc1F. The first-order chi connectivity index (χ1) is 20.7. The zero-order valence-corrected chi connectivity index (χ0v) is 26.1. The number of halogens is 1. The third-order valence-corrected chi connectivity index (χ3v) is 8.47. The molecule has 1 aromatic heterocycles. The smallest absolute Gasteiger partial charge is 0.231 e. The Bertz CT molecular complexity index is 1840. The number of nitrogens with zero attached hydrogens (tertiary/aromatic N) is 4. The predicted molar refractivity (Wildman–Crippen MR) is 169 cm³/mol. The van der Waals surface area contributed by atoms with Gasteiger partial charge in [0.15, 0.2) is 42.9 Å². The van der Waals surface area contributed by atoms with E-state index in [0.29, 0.717) is 28.2 Å². The highest BCUT2D eigenvalue weighted by Crippen LogP contribution is 2.25. The molecule has 1 heterocycles. The Hall–Kier alpha value is -4.89. The summed E-state index contributed by atoms with van der Waals surface area (Å²) in [6.07, 6.45) is 2.28. The Labute approximate surface area is 255 Å². The number of rotatable bonds is 11. The molecule has 0 aliphatic rings. The van der Waals surface area contributed by atoms with Gasteiger partial charge in [-0.3, -0.25) is 10.9 Å². The van der Waals surface area contributed by atoms with Crippen molar-refractivity contribution < 1.29 is 26.0 Å². The summed E-state index contributed by atoms with van der Waals surface area (Å²) in [4.78, 5) is 9.27. The fourth-order valence-corrected chi connectivity index (χ4v) is 5.04. The number of anilines is 4. The lowest BCUT2D eigenvalue weighted by Gasteiger charge is -2.11. The zero-order chi connectivity index (χ0) is 32.1. The molecule has 0 saturated heterocycles. The summed E-state index contributed by atoms with van der Waals surface area (Å²) in [5.74, 6) is 0.183. The van der Waals surface area contributed by atoms with Crippen molar-refractivity contribution in [3.8, 4) is 5.75 Å². The summed E-state index contributed by atoms with van der Waals surface area (Å²) in [7, 11) is -5.30. The van der Waals surface area contributed by atoms with Crippen LogP contribution in [0.3, 0.4) is 0 Å². The average molecular weight is 640 g/mol. The molecule has 44 heavy (non-hydrogen) atoms. The highest BCUT2D eigenvalue weighted by molar-refractivity contribution is 7.91. The van der Waals surface area contributed by atoms with Crippen molar-refractivity contribution in [2.24, 2.45) is 10.2 Å². The molecule has 0 aliphatic heterocycles. The third kappa shape index (κ3) is 8.35. The minimum Gasteiger partial charge on any atom is -0.494 e. The molecule has 230 valence electrons. The van der Waals surface area contributed by atoms with E-state index in [1.54, 1.807) is 44.2 Å². The zero-order valence-electron chi connectivity index (χ0n) is 24.5. The number of aromatic nitrogens is 2.